The van der Waals surface area contributed by atoms with Crippen LogP contribution in [0.4, 0.5) is 4.39 Å². The molecule has 10 heteroatoms. The third-order valence-electron chi connectivity index (χ3n) is 5.17. The number of carbonyl (C=O) groups excluding carboxylic acids is 1. The number of hydrogen-bond donors (Lipinski definition) is 1. The fraction of sp³-hybridized carbons (Fsp3) is 0.368. The van der Waals surface area contributed by atoms with E-state index < -0.39 is 17.1 Å². The van der Waals surface area contributed by atoms with Crippen LogP contribution < -0.4 is 11.2 Å². The molecule has 1 aliphatic rings. The second kappa shape index (κ2) is 7.88. The fourth-order valence-corrected chi connectivity index (χ4v) is 4.22. The number of piperazine rings is 1. The van der Waals surface area contributed by atoms with Crippen LogP contribution in [0.25, 0.3) is 11.0 Å². The largest absolute Gasteiger partial charge is 0.335 e. The van der Waals surface area contributed by atoms with E-state index in [0.717, 1.165) is 35.7 Å². The van der Waals surface area contributed by atoms with Crippen LogP contribution in [-0.2, 0) is 6.54 Å². The van der Waals surface area contributed by atoms with Gasteiger partial charge in [-0.25, -0.2) is 9.18 Å². The highest BCUT2D eigenvalue weighted by Gasteiger charge is 2.26. The topological polar surface area (TPSA) is 91.3 Å². The van der Waals surface area contributed by atoms with Gasteiger partial charge < -0.3 is 14.8 Å². The molecule has 0 aliphatic carbocycles. The Hall–Kier alpha value is -2.85. The Morgan fingerprint density at radius 2 is 1.86 bits per heavy atom. The summed E-state index contributed by atoms with van der Waals surface area (Å²) in [5.74, 6) is -0.618. The van der Waals surface area contributed by atoms with Crippen molar-refractivity contribution in [3.8, 4) is 0 Å². The predicted octanol–water partition coefficient (Wildman–Crippen LogP) is 1.11. The number of nitrogens with one attached hydrogen (secondary N) is 1. The van der Waals surface area contributed by atoms with Crippen LogP contribution in [0.5, 0.6) is 0 Å². The minimum atomic E-state index is -0.628. The Balaban J connectivity index is 1.65. The first-order valence-electron chi connectivity index (χ1n) is 9.36. The number of carbonyl (C=O) groups is 1. The van der Waals surface area contributed by atoms with Gasteiger partial charge in [-0.3, -0.25) is 14.2 Å². The maximum atomic E-state index is 13.1. The van der Waals surface area contributed by atoms with Gasteiger partial charge in [-0.15, -0.1) is 0 Å². The first kappa shape index (κ1) is 19.5. The van der Waals surface area contributed by atoms with Crippen LogP contribution >= 0.6 is 11.5 Å². The molecule has 0 atom stereocenters. The normalized spacial score (nSPS) is 15.2. The number of aromatic nitrogens is 3. The first-order valence-corrected chi connectivity index (χ1v) is 10.1. The van der Waals surface area contributed by atoms with Gasteiger partial charge in [0, 0.05) is 26.2 Å². The summed E-state index contributed by atoms with van der Waals surface area (Å²) in [6.07, 6.45) is 0. The number of hydrogen-bond acceptors (Lipinski definition) is 6. The van der Waals surface area contributed by atoms with E-state index in [0.29, 0.717) is 18.7 Å². The molecule has 0 radical (unpaired) electrons. The Morgan fingerprint density at radius 1 is 1.17 bits per heavy atom. The van der Waals surface area contributed by atoms with Gasteiger partial charge in [0.05, 0.1) is 12.1 Å². The van der Waals surface area contributed by atoms with E-state index >= 15 is 0 Å². The van der Waals surface area contributed by atoms with E-state index in [4.69, 9.17) is 0 Å². The summed E-state index contributed by atoms with van der Waals surface area (Å²) in [6, 6.07) is 5.56. The van der Waals surface area contributed by atoms with Gasteiger partial charge in [-0.05, 0) is 35.8 Å². The quantitative estimate of drug-likeness (QED) is 0.687. The third-order valence-corrected chi connectivity index (χ3v) is 6.01. The highest BCUT2D eigenvalue weighted by Crippen LogP contribution is 2.20. The molecule has 0 bridgehead atoms. The van der Waals surface area contributed by atoms with E-state index in [9.17, 15) is 18.8 Å². The fourth-order valence-electron chi connectivity index (χ4n) is 3.42. The van der Waals surface area contributed by atoms with Crippen LogP contribution in [0.2, 0.25) is 0 Å². The lowest BCUT2D eigenvalue weighted by molar-refractivity contribution is 0.0649. The number of fused-ring (bicyclic) bond motifs is 1. The van der Waals surface area contributed by atoms with Crippen molar-refractivity contribution in [2.45, 2.75) is 13.5 Å². The molecule has 29 heavy (non-hydrogen) atoms. The lowest BCUT2D eigenvalue weighted by Crippen LogP contribution is -2.48. The van der Waals surface area contributed by atoms with E-state index in [-0.39, 0.29) is 28.4 Å². The molecule has 1 fully saturated rings. The molecule has 0 unspecified atom stereocenters. The molecule has 1 saturated heterocycles. The number of likely N-dealkylation sites (N-methyl/N-ethyl adjacent to an activating group) is 1. The summed E-state index contributed by atoms with van der Waals surface area (Å²) in [6.45, 7) is 5.78. The molecule has 8 nitrogen and oxygen atoms in total. The van der Waals surface area contributed by atoms with Crippen molar-refractivity contribution in [3.05, 3.63) is 61.4 Å². The number of rotatable bonds is 4. The average Bonchev–Trinajstić information content (AvgIpc) is 3.16. The number of halogens is 1. The lowest BCUT2D eigenvalue weighted by Gasteiger charge is -2.33. The van der Waals surface area contributed by atoms with Crippen LogP contribution in [0.15, 0.2) is 33.9 Å². The van der Waals surface area contributed by atoms with Crippen molar-refractivity contribution in [1.82, 2.24) is 23.7 Å². The van der Waals surface area contributed by atoms with Gasteiger partial charge >= 0.3 is 5.69 Å². The number of amides is 1. The molecular weight excluding hydrogens is 397 g/mol. The van der Waals surface area contributed by atoms with Crippen molar-refractivity contribution >= 4 is 28.5 Å². The predicted molar refractivity (Wildman–Crippen MR) is 108 cm³/mol. The Bertz CT molecular complexity index is 1160. The van der Waals surface area contributed by atoms with Crippen molar-refractivity contribution < 1.29 is 9.18 Å². The van der Waals surface area contributed by atoms with Crippen molar-refractivity contribution in [3.63, 3.8) is 0 Å². The standard InChI is InChI=1S/C19H20FN5O3S/c1-2-23-7-9-24(10-8-23)18(27)16-14-15(22-29-16)17(26)25(19(28)21-14)11-12-3-5-13(20)6-4-12/h3-6H,2,7-11H2,1H3,(H,21,28). The summed E-state index contributed by atoms with van der Waals surface area (Å²) < 4.78 is 18.2. The summed E-state index contributed by atoms with van der Waals surface area (Å²) in [4.78, 5) is 45.1. The SMILES string of the molecule is CCN1CCN(C(=O)c2snc3c(=O)n(Cc4ccc(F)cc4)c(=O)[nH]c23)CC1. The average molecular weight is 417 g/mol. The zero-order chi connectivity index (χ0) is 20.5. The number of benzene rings is 1. The molecule has 1 aliphatic heterocycles. The highest BCUT2D eigenvalue weighted by molar-refractivity contribution is 7.09. The van der Waals surface area contributed by atoms with E-state index in [2.05, 4.69) is 21.2 Å². The van der Waals surface area contributed by atoms with Crippen molar-refractivity contribution in [2.75, 3.05) is 32.7 Å². The van der Waals surface area contributed by atoms with Gasteiger partial charge in [-0.1, -0.05) is 19.1 Å². The van der Waals surface area contributed by atoms with Crippen molar-refractivity contribution in [1.29, 1.82) is 0 Å². The van der Waals surface area contributed by atoms with Crippen LogP contribution in [0, 0.1) is 5.82 Å². The Kier molecular flexibility index (Phi) is 5.29. The van der Waals surface area contributed by atoms with Gasteiger partial charge in [-0.2, -0.15) is 4.37 Å². The first-order chi connectivity index (χ1) is 14.0. The molecule has 0 saturated carbocycles. The maximum absolute atomic E-state index is 13.1. The second-order valence-corrected chi connectivity index (χ2v) is 7.68. The molecular formula is C19H20FN5O3S. The smallest absolute Gasteiger partial charge is 0.329 e. The third kappa shape index (κ3) is 3.73. The maximum Gasteiger partial charge on any atom is 0.329 e. The number of nitrogens with zero attached hydrogens (tertiary/aromatic N) is 4. The molecule has 0 spiro atoms. The summed E-state index contributed by atoms with van der Waals surface area (Å²) in [7, 11) is 0. The lowest BCUT2D eigenvalue weighted by atomic mass is 10.2. The van der Waals surface area contributed by atoms with Gasteiger partial charge in [0.15, 0.2) is 5.52 Å². The van der Waals surface area contributed by atoms with E-state index in [1.165, 1.54) is 24.3 Å². The van der Waals surface area contributed by atoms with E-state index in [1.54, 1.807) is 4.90 Å². The zero-order valence-electron chi connectivity index (χ0n) is 15.9. The van der Waals surface area contributed by atoms with Crippen LogP contribution in [-0.4, -0.2) is 62.4 Å². The molecule has 1 aromatic carbocycles. The molecule has 1 amide bonds. The Morgan fingerprint density at radius 3 is 2.52 bits per heavy atom. The Labute approximate surface area is 169 Å². The van der Waals surface area contributed by atoms with Crippen LogP contribution in [0.1, 0.15) is 22.2 Å². The number of aromatic amines is 1. The second-order valence-electron chi connectivity index (χ2n) is 6.91. The molecule has 152 valence electrons. The summed E-state index contributed by atoms with van der Waals surface area (Å²) in [5.41, 5.74) is -0.342. The monoisotopic (exact) mass is 417 g/mol. The van der Waals surface area contributed by atoms with Gasteiger partial charge in [0.1, 0.15) is 10.7 Å². The minimum Gasteiger partial charge on any atom is -0.335 e. The zero-order valence-corrected chi connectivity index (χ0v) is 16.7. The molecule has 3 heterocycles. The van der Waals surface area contributed by atoms with Gasteiger partial charge in [0.25, 0.3) is 11.5 Å². The van der Waals surface area contributed by atoms with E-state index in [1.807, 2.05) is 0 Å². The van der Waals surface area contributed by atoms with Gasteiger partial charge in [0.2, 0.25) is 0 Å². The molecule has 3 aromatic rings. The molecule has 1 N–H and O–H groups in total. The minimum absolute atomic E-state index is 0.00975. The highest BCUT2D eigenvalue weighted by atomic mass is 32.1. The van der Waals surface area contributed by atoms with Crippen molar-refractivity contribution in [2.24, 2.45) is 0 Å². The number of H-pyrrole nitrogens is 1. The summed E-state index contributed by atoms with van der Waals surface area (Å²) in [5, 5.41) is 0. The van der Waals surface area contributed by atoms with Crippen LogP contribution in [0.3, 0.4) is 0 Å². The molecule has 4 rings (SSSR count). The molecule has 2 aromatic heterocycles. The summed E-state index contributed by atoms with van der Waals surface area (Å²) >= 11 is 0.923.